The molecule has 5 aliphatic heterocycles. The zero-order valence-corrected chi connectivity index (χ0v) is 38.7. The first-order chi connectivity index (χ1) is 29.3. The normalized spacial score (nSPS) is 44.4. The van der Waals surface area contributed by atoms with Crippen LogP contribution in [0.1, 0.15) is 93.9 Å². The van der Waals surface area contributed by atoms with Gasteiger partial charge in [0.25, 0.3) is 0 Å². The summed E-state index contributed by atoms with van der Waals surface area (Å²) >= 11 is 0. The summed E-state index contributed by atoms with van der Waals surface area (Å²) in [7, 11) is -2.81. The van der Waals surface area contributed by atoms with Crippen molar-refractivity contribution in [1.29, 1.82) is 0 Å². The highest BCUT2D eigenvalue weighted by Crippen LogP contribution is 2.50. The molecule has 344 valence electrons. The van der Waals surface area contributed by atoms with E-state index >= 15 is 0 Å². The smallest absolute Gasteiger partial charge is 0.340 e. The van der Waals surface area contributed by atoms with Crippen LogP contribution in [0.2, 0.25) is 0 Å². The molecule has 0 saturated carbocycles. The SMILES string of the molecule is C#CCN(CC#C)S(=O)(=O)OC1[C@H](C)O[C@@H](C2/C(C)=C/C[C@@H]3C[C@@H](C[C@]4(O3)O[C@H](C(C)CC)[C@@H](C)CC4C)OC(=O)[C@@H]3C=C(C)[C@@H](O)C4OC/C(=C\C=C\[C@@H]2C)[C@]43O)C[C@@H]1OC. The highest BCUT2D eigenvalue weighted by molar-refractivity contribution is 7.84. The van der Waals surface area contributed by atoms with Gasteiger partial charge in [-0.15, -0.1) is 12.8 Å². The summed E-state index contributed by atoms with van der Waals surface area (Å²) in [6.45, 7) is 15.9. The van der Waals surface area contributed by atoms with Gasteiger partial charge in [0.15, 0.2) is 5.79 Å². The fourth-order valence-electron chi connectivity index (χ4n) is 10.9. The minimum Gasteiger partial charge on any atom is -0.462 e. The summed E-state index contributed by atoms with van der Waals surface area (Å²) in [6, 6.07) is 0. The number of nitrogens with zero attached hydrogens (tertiary/aromatic N) is 1. The third-order valence-electron chi connectivity index (χ3n) is 14.5. The van der Waals surface area contributed by atoms with Gasteiger partial charge in [0.2, 0.25) is 0 Å². The molecule has 2 N–H and O–H groups in total. The van der Waals surface area contributed by atoms with Crippen LogP contribution >= 0.6 is 0 Å². The van der Waals surface area contributed by atoms with Gasteiger partial charge in [-0.2, -0.15) is 12.7 Å². The number of aliphatic hydroxyl groups is 2. The number of hydrogen-bond acceptors (Lipinski definition) is 12. The molecular weight excluding hydrogens is 815 g/mol. The molecular formula is C48H69NO12S. The van der Waals surface area contributed by atoms with Crippen molar-refractivity contribution in [2.75, 3.05) is 26.8 Å². The first-order valence-electron chi connectivity index (χ1n) is 22.4. The van der Waals surface area contributed by atoms with Crippen molar-refractivity contribution < 1.29 is 56.0 Å². The first-order valence-corrected chi connectivity index (χ1v) is 23.7. The zero-order chi connectivity index (χ0) is 45.3. The monoisotopic (exact) mass is 883 g/mol. The molecule has 1 spiro atoms. The summed E-state index contributed by atoms with van der Waals surface area (Å²) in [5, 5.41) is 23.8. The van der Waals surface area contributed by atoms with Crippen LogP contribution in [0.3, 0.4) is 0 Å². The molecule has 17 atom stereocenters. The lowest BCUT2D eigenvalue weighted by atomic mass is 9.70. The molecule has 5 unspecified atom stereocenters. The summed E-state index contributed by atoms with van der Waals surface area (Å²) < 4.78 is 72.8. The van der Waals surface area contributed by atoms with Crippen molar-refractivity contribution in [3.8, 4) is 24.7 Å². The molecule has 0 aromatic rings. The van der Waals surface area contributed by atoms with E-state index in [0.29, 0.717) is 42.7 Å². The van der Waals surface area contributed by atoms with Gasteiger partial charge in [0.05, 0.1) is 50.2 Å². The van der Waals surface area contributed by atoms with E-state index in [1.54, 1.807) is 26.0 Å². The Bertz CT molecular complexity index is 1930. The fraction of sp³-hybridized carbons (Fsp3) is 0.729. The predicted octanol–water partition coefficient (Wildman–Crippen LogP) is 5.42. The Morgan fingerprint density at radius 1 is 1.05 bits per heavy atom. The maximum Gasteiger partial charge on any atom is 0.340 e. The molecule has 0 aromatic heterocycles. The maximum atomic E-state index is 14.4. The van der Waals surface area contributed by atoms with Gasteiger partial charge in [-0.1, -0.05) is 88.8 Å². The zero-order valence-electron chi connectivity index (χ0n) is 37.9. The van der Waals surface area contributed by atoms with E-state index in [1.165, 1.54) is 7.11 Å². The van der Waals surface area contributed by atoms with Gasteiger partial charge in [-0.05, 0) is 62.5 Å². The lowest BCUT2D eigenvalue weighted by Crippen LogP contribution is -2.60. The van der Waals surface area contributed by atoms with E-state index in [4.69, 9.17) is 45.5 Å². The van der Waals surface area contributed by atoms with Crippen molar-refractivity contribution in [2.24, 2.45) is 35.5 Å². The van der Waals surface area contributed by atoms with Gasteiger partial charge in [-0.25, -0.2) is 4.18 Å². The molecule has 6 rings (SSSR count). The molecule has 14 heteroatoms. The number of hydrogen-bond donors (Lipinski definition) is 2. The van der Waals surface area contributed by atoms with E-state index < -0.39 is 76.3 Å². The second kappa shape index (κ2) is 19.7. The van der Waals surface area contributed by atoms with Crippen molar-refractivity contribution in [3.05, 3.63) is 47.1 Å². The van der Waals surface area contributed by atoms with E-state index in [-0.39, 0.29) is 55.6 Å². The first kappa shape index (κ1) is 48.6. The van der Waals surface area contributed by atoms with Crippen LogP contribution in [0.15, 0.2) is 47.1 Å². The lowest BCUT2D eigenvalue weighted by molar-refractivity contribution is -0.361. The number of methoxy groups -OCH3 is 1. The largest absolute Gasteiger partial charge is 0.462 e. The number of terminal acetylenes is 2. The average Bonchev–Trinajstić information content (AvgIpc) is 3.56. The Hall–Kier alpha value is -2.86. The Morgan fingerprint density at radius 2 is 1.76 bits per heavy atom. The van der Waals surface area contributed by atoms with Crippen LogP contribution in [0, 0.1) is 60.2 Å². The van der Waals surface area contributed by atoms with Crippen LogP contribution in [0.4, 0.5) is 0 Å². The molecule has 0 aromatic carbocycles. The van der Waals surface area contributed by atoms with Crippen LogP contribution < -0.4 is 0 Å². The van der Waals surface area contributed by atoms with Gasteiger partial charge >= 0.3 is 16.3 Å². The molecule has 0 amide bonds. The molecule has 13 nitrogen and oxygen atoms in total. The average molecular weight is 884 g/mol. The van der Waals surface area contributed by atoms with Crippen molar-refractivity contribution >= 4 is 16.3 Å². The minimum atomic E-state index is -4.34. The number of carbonyl (C=O) groups excluding carboxylic acids is 1. The fourth-order valence-corrected chi connectivity index (χ4v) is 12.1. The molecule has 4 fully saturated rings. The lowest BCUT2D eigenvalue weighted by Gasteiger charge is -2.54. The topological polar surface area (TPSA) is 160 Å². The van der Waals surface area contributed by atoms with E-state index in [9.17, 15) is 23.4 Å². The molecule has 5 heterocycles. The molecule has 62 heavy (non-hydrogen) atoms. The number of carbonyl (C=O) groups is 1. The third-order valence-corrected chi connectivity index (χ3v) is 15.9. The Morgan fingerprint density at radius 3 is 2.42 bits per heavy atom. The summed E-state index contributed by atoms with van der Waals surface area (Å²) in [4.78, 5) is 14.4. The van der Waals surface area contributed by atoms with Crippen molar-refractivity contribution in [2.45, 2.75) is 160 Å². The number of allylic oxidation sites excluding steroid dienone is 3. The van der Waals surface area contributed by atoms with Gasteiger partial charge in [-0.3, -0.25) is 4.79 Å². The standard InChI is InChI=1S/C48H69NO12S/c1-12-20-49(21-13-2)62(53,54)61-44-34(10)57-39(25-40(44)55-11)41-29(5)16-15-17-35-27-56-45-42(50)31(7)23-38(48(35,45)52)46(51)58-37-24-36(19-18-30(41)6)59-47(26-37)33(9)22-32(8)43(60-47)28(4)14-3/h1-2,15-18,23,28-29,32-34,36-45,50,52H,14,19-22,24-27H2,3-11H3/b16-15+,30-18+,35-17+/t28?,29-,32-,33?,34-,36+,37-,38-,39+,40-,41?,42+,43+,44?,45?,47-,48+/m0/s1. The minimum absolute atomic E-state index is 0.000915. The third kappa shape index (κ3) is 9.58. The Balaban J connectivity index is 1.39. The summed E-state index contributed by atoms with van der Waals surface area (Å²) in [5.74, 6) is 2.14. The number of fused-ring (bicyclic) bond motifs is 2. The van der Waals surface area contributed by atoms with Crippen LogP contribution in [-0.4, -0.2) is 122 Å². The molecule has 0 radical (unpaired) electrons. The molecule has 4 saturated heterocycles. The Labute approximate surface area is 369 Å². The van der Waals surface area contributed by atoms with Crippen LogP contribution in [0.25, 0.3) is 0 Å². The van der Waals surface area contributed by atoms with Gasteiger partial charge in [0.1, 0.15) is 35.9 Å². The number of esters is 1. The van der Waals surface area contributed by atoms with E-state index in [0.717, 1.165) is 22.7 Å². The number of ether oxygens (including phenoxy) is 6. The van der Waals surface area contributed by atoms with Crippen LogP contribution in [-0.2, 0) is 47.7 Å². The quantitative estimate of drug-likeness (QED) is 0.172. The van der Waals surface area contributed by atoms with Gasteiger partial charge in [0, 0.05) is 38.2 Å². The van der Waals surface area contributed by atoms with Crippen LogP contribution in [0.5, 0.6) is 0 Å². The van der Waals surface area contributed by atoms with Gasteiger partial charge < -0.3 is 38.6 Å². The highest BCUT2D eigenvalue weighted by atomic mass is 32.2. The number of rotatable bonds is 9. The number of aliphatic hydroxyl groups excluding tert-OH is 1. The van der Waals surface area contributed by atoms with Crippen molar-refractivity contribution in [3.63, 3.8) is 0 Å². The second-order valence-corrected chi connectivity index (χ2v) is 20.3. The second-order valence-electron chi connectivity index (χ2n) is 18.8. The maximum absolute atomic E-state index is 14.4. The van der Waals surface area contributed by atoms with E-state index in [2.05, 4.69) is 59.5 Å². The Kier molecular flexibility index (Phi) is 15.4. The van der Waals surface area contributed by atoms with Crippen molar-refractivity contribution in [1.82, 2.24) is 4.31 Å². The molecule has 6 aliphatic rings. The highest BCUT2D eigenvalue weighted by Gasteiger charge is 2.60. The summed E-state index contributed by atoms with van der Waals surface area (Å²) in [6.07, 6.45) is 17.7. The molecule has 2 bridgehead atoms. The molecule has 1 aliphatic carbocycles. The predicted molar refractivity (Wildman–Crippen MR) is 233 cm³/mol. The van der Waals surface area contributed by atoms with E-state index in [1.807, 2.05) is 12.2 Å². The summed E-state index contributed by atoms with van der Waals surface area (Å²) in [5.41, 5.74) is 0.145.